The fourth-order valence-corrected chi connectivity index (χ4v) is 2.73. The Morgan fingerprint density at radius 2 is 1.79 bits per heavy atom. The summed E-state index contributed by atoms with van der Waals surface area (Å²) in [7, 11) is 0. The normalized spacial score (nSPS) is 16.2. The zero-order valence-corrected chi connectivity index (χ0v) is 13.2. The number of carbonyl (C=O) groups is 2. The molecule has 3 rings (SSSR count). The van der Waals surface area contributed by atoms with Crippen molar-refractivity contribution in [1.82, 2.24) is 10.6 Å². The molecule has 6 heteroatoms. The first kappa shape index (κ1) is 16.3. The number of aliphatic hydroxyl groups is 1. The predicted octanol–water partition coefficient (Wildman–Crippen LogP) is 1.31. The van der Waals surface area contributed by atoms with E-state index in [0.29, 0.717) is 5.76 Å². The first-order valence-corrected chi connectivity index (χ1v) is 7.96. The molecule has 1 aromatic heterocycles. The van der Waals surface area contributed by atoms with Gasteiger partial charge in [-0.25, -0.2) is 0 Å². The standard InChI is InChI=1S/C18H20N2O4/c21-16(19-11-15-7-4-10-24-15)17(22)20-12-18(23,14-8-9-14)13-5-2-1-3-6-13/h1-7,10,14,23H,8-9,11-12H2,(H,19,21)(H,20,22)/t18-/m0/s1. The second-order valence-electron chi connectivity index (χ2n) is 6.01. The Hall–Kier alpha value is -2.60. The van der Waals surface area contributed by atoms with Gasteiger partial charge in [0, 0.05) is 0 Å². The van der Waals surface area contributed by atoms with Gasteiger partial charge in [-0.15, -0.1) is 0 Å². The van der Waals surface area contributed by atoms with Gasteiger partial charge in [-0.2, -0.15) is 0 Å². The van der Waals surface area contributed by atoms with Crippen LogP contribution in [-0.4, -0.2) is 23.5 Å². The van der Waals surface area contributed by atoms with Gasteiger partial charge < -0.3 is 20.2 Å². The Morgan fingerprint density at radius 3 is 2.42 bits per heavy atom. The van der Waals surface area contributed by atoms with Crippen molar-refractivity contribution in [1.29, 1.82) is 0 Å². The number of amides is 2. The number of nitrogens with one attached hydrogen (secondary N) is 2. The number of rotatable bonds is 6. The van der Waals surface area contributed by atoms with Crippen molar-refractivity contribution in [3.8, 4) is 0 Å². The highest BCUT2D eigenvalue weighted by atomic mass is 16.3. The van der Waals surface area contributed by atoms with E-state index in [-0.39, 0.29) is 19.0 Å². The number of hydrogen-bond acceptors (Lipinski definition) is 4. The largest absolute Gasteiger partial charge is 0.467 e. The van der Waals surface area contributed by atoms with Gasteiger partial charge >= 0.3 is 11.8 Å². The molecule has 6 nitrogen and oxygen atoms in total. The molecule has 1 aliphatic carbocycles. The zero-order chi connectivity index (χ0) is 17.0. The van der Waals surface area contributed by atoms with Crippen LogP contribution >= 0.6 is 0 Å². The Labute approximate surface area is 139 Å². The Morgan fingerprint density at radius 1 is 1.08 bits per heavy atom. The van der Waals surface area contributed by atoms with E-state index in [0.717, 1.165) is 18.4 Å². The van der Waals surface area contributed by atoms with Crippen LogP contribution in [0.25, 0.3) is 0 Å². The highest BCUT2D eigenvalue weighted by Gasteiger charge is 2.45. The molecule has 2 amide bonds. The summed E-state index contributed by atoms with van der Waals surface area (Å²) in [5.41, 5.74) is -0.387. The third kappa shape index (κ3) is 3.65. The summed E-state index contributed by atoms with van der Waals surface area (Å²) in [4.78, 5) is 23.8. The number of furan rings is 1. The van der Waals surface area contributed by atoms with Crippen LogP contribution in [0.4, 0.5) is 0 Å². The van der Waals surface area contributed by atoms with Crippen molar-refractivity contribution < 1.29 is 19.1 Å². The summed E-state index contributed by atoms with van der Waals surface area (Å²) in [6.45, 7) is 0.152. The fraction of sp³-hybridized carbons (Fsp3) is 0.333. The van der Waals surface area contributed by atoms with Gasteiger partial charge in [-0.05, 0) is 36.5 Å². The summed E-state index contributed by atoms with van der Waals surface area (Å²) in [5.74, 6) is -0.851. The molecule has 1 fully saturated rings. The first-order chi connectivity index (χ1) is 11.6. The van der Waals surface area contributed by atoms with Crippen molar-refractivity contribution in [3.63, 3.8) is 0 Å². The lowest BCUT2D eigenvalue weighted by atomic mass is 9.88. The van der Waals surface area contributed by atoms with Crippen LogP contribution in [0.15, 0.2) is 53.1 Å². The molecular weight excluding hydrogens is 308 g/mol. The van der Waals surface area contributed by atoms with Gasteiger partial charge in [0.05, 0.1) is 19.4 Å². The molecule has 1 heterocycles. The van der Waals surface area contributed by atoms with Gasteiger partial charge in [-0.3, -0.25) is 9.59 Å². The zero-order valence-electron chi connectivity index (χ0n) is 13.2. The molecule has 126 valence electrons. The molecule has 0 aliphatic heterocycles. The van der Waals surface area contributed by atoms with Gasteiger partial charge in [0.25, 0.3) is 0 Å². The number of hydrogen-bond donors (Lipinski definition) is 3. The fourth-order valence-electron chi connectivity index (χ4n) is 2.73. The maximum absolute atomic E-state index is 12.0. The van der Waals surface area contributed by atoms with Crippen molar-refractivity contribution in [2.75, 3.05) is 6.54 Å². The number of carbonyl (C=O) groups excluding carboxylic acids is 2. The maximum atomic E-state index is 12.0. The third-order valence-electron chi connectivity index (χ3n) is 4.25. The van der Waals surface area contributed by atoms with Crippen LogP contribution < -0.4 is 10.6 Å². The quantitative estimate of drug-likeness (QED) is 0.697. The highest BCUT2D eigenvalue weighted by Crippen LogP contribution is 2.45. The highest BCUT2D eigenvalue weighted by molar-refractivity contribution is 6.35. The minimum Gasteiger partial charge on any atom is -0.467 e. The maximum Gasteiger partial charge on any atom is 0.309 e. The smallest absolute Gasteiger partial charge is 0.309 e. The Bertz CT molecular complexity index is 695. The van der Waals surface area contributed by atoms with Crippen molar-refractivity contribution in [3.05, 3.63) is 60.1 Å². The first-order valence-electron chi connectivity index (χ1n) is 7.96. The van der Waals surface area contributed by atoms with Crippen molar-refractivity contribution in [2.45, 2.75) is 25.0 Å². The van der Waals surface area contributed by atoms with Crippen LogP contribution in [-0.2, 0) is 21.7 Å². The van der Waals surface area contributed by atoms with Crippen LogP contribution in [0.5, 0.6) is 0 Å². The van der Waals surface area contributed by atoms with Crippen molar-refractivity contribution >= 4 is 11.8 Å². The van der Waals surface area contributed by atoms with Gasteiger partial charge in [0.1, 0.15) is 11.4 Å². The summed E-state index contributed by atoms with van der Waals surface area (Å²) in [6, 6.07) is 12.7. The molecule has 0 bridgehead atoms. The monoisotopic (exact) mass is 328 g/mol. The van der Waals surface area contributed by atoms with E-state index in [1.165, 1.54) is 6.26 Å². The molecule has 0 spiro atoms. The molecule has 24 heavy (non-hydrogen) atoms. The van der Waals surface area contributed by atoms with E-state index >= 15 is 0 Å². The molecule has 1 atom stereocenters. The minimum atomic E-state index is -1.14. The van der Waals surface area contributed by atoms with E-state index in [2.05, 4.69) is 10.6 Å². The lowest BCUT2D eigenvalue weighted by molar-refractivity contribution is -0.140. The predicted molar refractivity (Wildman–Crippen MR) is 86.6 cm³/mol. The molecule has 1 saturated carbocycles. The number of benzene rings is 1. The molecule has 3 N–H and O–H groups in total. The van der Waals surface area contributed by atoms with Crippen LogP contribution in [0.1, 0.15) is 24.2 Å². The second kappa shape index (κ2) is 6.88. The lowest BCUT2D eigenvalue weighted by Crippen LogP contribution is -2.47. The lowest BCUT2D eigenvalue weighted by Gasteiger charge is -2.29. The van der Waals surface area contributed by atoms with Gasteiger partial charge in [-0.1, -0.05) is 30.3 Å². The Kier molecular flexibility index (Phi) is 4.66. The third-order valence-corrected chi connectivity index (χ3v) is 4.25. The summed E-state index contributed by atoms with van der Waals surface area (Å²) < 4.78 is 5.09. The minimum absolute atomic E-state index is 0.00862. The summed E-state index contributed by atoms with van der Waals surface area (Å²) >= 11 is 0. The van der Waals surface area contributed by atoms with Gasteiger partial charge in [0.2, 0.25) is 0 Å². The summed E-state index contributed by atoms with van der Waals surface area (Å²) in [6.07, 6.45) is 3.31. The molecule has 1 aliphatic rings. The summed E-state index contributed by atoms with van der Waals surface area (Å²) in [5, 5.41) is 16.0. The van der Waals surface area contributed by atoms with E-state index in [4.69, 9.17) is 4.42 Å². The SMILES string of the molecule is O=C(NCc1ccco1)C(=O)NC[C@](O)(c1ccccc1)C1CC1. The molecule has 0 saturated heterocycles. The van der Waals surface area contributed by atoms with Crippen LogP contribution in [0.3, 0.4) is 0 Å². The van der Waals surface area contributed by atoms with E-state index < -0.39 is 17.4 Å². The topological polar surface area (TPSA) is 91.6 Å². The van der Waals surface area contributed by atoms with E-state index in [1.807, 2.05) is 30.3 Å². The van der Waals surface area contributed by atoms with E-state index in [1.54, 1.807) is 12.1 Å². The molecule has 2 aromatic rings. The average molecular weight is 328 g/mol. The average Bonchev–Trinajstić information content (AvgIpc) is 3.35. The molecule has 0 unspecified atom stereocenters. The van der Waals surface area contributed by atoms with E-state index in [9.17, 15) is 14.7 Å². The Balaban J connectivity index is 1.56. The second-order valence-corrected chi connectivity index (χ2v) is 6.01. The van der Waals surface area contributed by atoms with Crippen LogP contribution in [0.2, 0.25) is 0 Å². The molecule has 1 aromatic carbocycles. The van der Waals surface area contributed by atoms with Gasteiger partial charge in [0.15, 0.2) is 0 Å². The van der Waals surface area contributed by atoms with Crippen molar-refractivity contribution in [2.24, 2.45) is 5.92 Å². The van der Waals surface area contributed by atoms with Crippen LogP contribution in [0, 0.1) is 5.92 Å². The molecular formula is C18H20N2O4. The molecule has 0 radical (unpaired) electrons.